The van der Waals surface area contributed by atoms with Crippen LogP contribution in [0.4, 0.5) is 5.69 Å². The molecule has 0 bridgehead atoms. The van der Waals surface area contributed by atoms with Gasteiger partial charge in [0.25, 0.3) is 0 Å². The van der Waals surface area contributed by atoms with E-state index < -0.39 is 0 Å². The summed E-state index contributed by atoms with van der Waals surface area (Å²) in [6.45, 7) is 8.46. The second kappa shape index (κ2) is 12.8. The normalized spacial score (nSPS) is 15.5. The predicted molar refractivity (Wildman–Crippen MR) is 143 cm³/mol. The van der Waals surface area contributed by atoms with E-state index in [1.54, 1.807) is 29.9 Å². The zero-order valence-corrected chi connectivity index (χ0v) is 22.5. The van der Waals surface area contributed by atoms with Gasteiger partial charge in [-0.25, -0.2) is 0 Å². The number of carbonyl (C=O) groups is 1. The number of nitrogens with one attached hydrogen (secondary N) is 1. The van der Waals surface area contributed by atoms with Gasteiger partial charge < -0.3 is 19.9 Å². The lowest BCUT2D eigenvalue weighted by Crippen LogP contribution is -2.56. The molecule has 2 aromatic rings. The molecule has 1 aromatic carbocycles. The fourth-order valence-electron chi connectivity index (χ4n) is 4.17. The molecule has 9 nitrogen and oxygen atoms in total. The number of hydrogen-bond acceptors (Lipinski definition) is 5. The molecule has 33 heavy (non-hydrogen) atoms. The van der Waals surface area contributed by atoms with Crippen LogP contribution in [0.25, 0.3) is 0 Å². The number of aromatic nitrogens is 2. The number of methoxy groups -OCH3 is 1. The molecule has 0 aliphatic carbocycles. The lowest BCUT2D eigenvalue weighted by molar-refractivity contribution is -0.120. The van der Waals surface area contributed by atoms with Crippen molar-refractivity contribution in [3.05, 3.63) is 42.2 Å². The number of rotatable bonds is 8. The lowest BCUT2D eigenvalue weighted by Gasteiger charge is -2.36. The van der Waals surface area contributed by atoms with Crippen molar-refractivity contribution < 1.29 is 9.53 Å². The van der Waals surface area contributed by atoms with Gasteiger partial charge in [-0.3, -0.25) is 19.4 Å². The average Bonchev–Trinajstić information content (AvgIpc) is 3.24. The van der Waals surface area contributed by atoms with Gasteiger partial charge >= 0.3 is 0 Å². The Kier molecular flexibility index (Phi) is 10.4. The molecule has 1 unspecified atom stereocenters. The molecule has 0 saturated carbocycles. The molecule has 0 spiro atoms. The molecule has 1 N–H and O–H groups in total. The van der Waals surface area contributed by atoms with Gasteiger partial charge in [-0.2, -0.15) is 5.10 Å². The number of nitrogens with zero attached hydrogens (tertiary/aromatic N) is 6. The van der Waals surface area contributed by atoms with Crippen molar-refractivity contribution in [3.8, 4) is 5.75 Å². The Morgan fingerprint density at radius 2 is 2.06 bits per heavy atom. The molecule has 1 aliphatic rings. The van der Waals surface area contributed by atoms with E-state index in [-0.39, 0.29) is 42.5 Å². The topological polar surface area (TPSA) is 78.2 Å². The summed E-state index contributed by atoms with van der Waals surface area (Å²) in [5.74, 6) is 1.63. The molecule has 1 amide bonds. The van der Waals surface area contributed by atoms with Gasteiger partial charge in [0.2, 0.25) is 5.91 Å². The summed E-state index contributed by atoms with van der Waals surface area (Å²) in [4.78, 5) is 23.5. The highest BCUT2D eigenvalue weighted by molar-refractivity contribution is 14.0. The molecule has 1 aliphatic heterocycles. The molecule has 0 radical (unpaired) electrons. The number of ether oxygens (including phenoxy) is 1. The van der Waals surface area contributed by atoms with Gasteiger partial charge in [-0.15, -0.1) is 24.0 Å². The minimum Gasteiger partial charge on any atom is -0.497 e. The van der Waals surface area contributed by atoms with E-state index in [0.29, 0.717) is 19.6 Å². The summed E-state index contributed by atoms with van der Waals surface area (Å²) in [7, 11) is 5.30. The van der Waals surface area contributed by atoms with Gasteiger partial charge in [0.15, 0.2) is 5.96 Å². The van der Waals surface area contributed by atoms with Crippen LogP contribution in [0.1, 0.15) is 25.5 Å². The minimum atomic E-state index is 0. The van der Waals surface area contributed by atoms with Gasteiger partial charge in [0, 0.05) is 39.9 Å². The van der Waals surface area contributed by atoms with Crippen LogP contribution in [0.3, 0.4) is 0 Å². The number of likely N-dealkylation sites (N-methyl/N-ethyl adjacent to an activating group) is 1. The standard InChI is InChI=1S/C23H35N7O2.HI/c1-6-28(7-2)21(18-9-8-10-20(13-18)32-5)15-25-23(24-3)29-11-12-30(22(31)17-29)19-14-26-27(4)16-19;/h8-10,13-14,16,21H,6-7,11-12,15,17H2,1-5H3,(H,24,25);1H. The van der Waals surface area contributed by atoms with E-state index in [2.05, 4.69) is 46.3 Å². The summed E-state index contributed by atoms with van der Waals surface area (Å²) in [6, 6.07) is 8.36. The number of piperazine rings is 1. The molecule has 3 rings (SSSR count). The number of halogens is 1. The summed E-state index contributed by atoms with van der Waals surface area (Å²) in [5.41, 5.74) is 2.02. The monoisotopic (exact) mass is 569 g/mol. The Hall–Kier alpha value is -2.34. The number of guanidine groups is 1. The van der Waals surface area contributed by atoms with Crippen LogP contribution < -0.4 is 15.0 Å². The van der Waals surface area contributed by atoms with Crippen molar-refractivity contribution in [2.75, 3.05) is 58.3 Å². The first-order valence-corrected chi connectivity index (χ1v) is 11.1. The van der Waals surface area contributed by atoms with Crippen LogP contribution in [0.15, 0.2) is 41.7 Å². The first-order valence-electron chi connectivity index (χ1n) is 11.1. The third-order valence-electron chi connectivity index (χ3n) is 5.92. The van der Waals surface area contributed by atoms with Crippen LogP contribution in [0.5, 0.6) is 5.75 Å². The van der Waals surface area contributed by atoms with Crippen LogP contribution in [0, 0.1) is 0 Å². The van der Waals surface area contributed by atoms with E-state index in [9.17, 15) is 4.79 Å². The quantitative estimate of drug-likeness (QED) is 0.299. The largest absolute Gasteiger partial charge is 0.497 e. The SMILES string of the molecule is CCN(CC)C(CNC(=NC)N1CCN(c2cnn(C)c2)C(=O)C1)c1cccc(OC)c1.I. The second-order valence-corrected chi connectivity index (χ2v) is 7.78. The van der Waals surface area contributed by atoms with Crippen molar-refractivity contribution in [2.45, 2.75) is 19.9 Å². The Balaban J connectivity index is 0.00000385. The zero-order chi connectivity index (χ0) is 23.1. The zero-order valence-electron chi connectivity index (χ0n) is 20.2. The summed E-state index contributed by atoms with van der Waals surface area (Å²) >= 11 is 0. The Morgan fingerprint density at radius 3 is 2.64 bits per heavy atom. The molecule has 182 valence electrons. The van der Waals surface area contributed by atoms with Crippen LogP contribution >= 0.6 is 24.0 Å². The van der Waals surface area contributed by atoms with Crippen molar-refractivity contribution >= 4 is 41.5 Å². The number of benzene rings is 1. The molecule has 1 saturated heterocycles. The number of hydrogen-bond donors (Lipinski definition) is 1. The number of carbonyl (C=O) groups excluding carboxylic acids is 1. The number of amides is 1. The van der Waals surface area contributed by atoms with Crippen molar-refractivity contribution in [1.29, 1.82) is 0 Å². The highest BCUT2D eigenvalue weighted by atomic mass is 127. The number of aryl methyl sites for hydroxylation is 1. The summed E-state index contributed by atoms with van der Waals surface area (Å²) in [6.07, 6.45) is 3.59. The van der Waals surface area contributed by atoms with Crippen LogP contribution in [0.2, 0.25) is 0 Å². The van der Waals surface area contributed by atoms with Gasteiger partial charge in [-0.05, 0) is 30.8 Å². The lowest BCUT2D eigenvalue weighted by atomic mass is 10.0. The number of aliphatic imine (C=N–C) groups is 1. The third kappa shape index (κ3) is 6.59. The van der Waals surface area contributed by atoms with E-state index in [0.717, 1.165) is 30.5 Å². The maximum absolute atomic E-state index is 12.8. The molecule has 2 heterocycles. The van der Waals surface area contributed by atoms with E-state index in [1.807, 2.05) is 30.3 Å². The summed E-state index contributed by atoms with van der Waals surface area (Å²) in [5, 5.41) is 7.69. The first kappa shape index (κ1) is 26.9. The van der Waals surface area contributed by atoms with Crippen molar-refractivity contribution in [1.82, 2.24) is 24.9 Å². The van der Waals surface area contributed by atoms with E-state index in [4.69, 9.17) is 4.74 Å². The molecule has 10 heteroatoms. The predicted octanol–water partition coefficient (Wildman–Crippen LogP) is 2.35. The molecular formula is C23H36IN7O2. The maximum Gasteiger partial charge on any atom is 0.246 e. The van der Waals surface area contributed by atoms with Gasteiger partial charge in [0.1, 0.15) is 12.3 Å². The number of anilines is 1. The molecule has 1 fully saturated rings. The Morgan fingerprint density at radius 1 is 1.30 bits per heavy atom. The fourth-order valence-corrected chi connectivity index (χ4v) is 4.17. The smallest absolute Gasteiger partial charge is 0.246 e. The van der Waals surface area contributed by atoms with Gasteiger partial charge in [-0.1, -0.05) is 26.0 Å². The van der Waals surface area contributed by atoms with E-state index >= 15 is 0 Å². The van der Waals surface area contributed by atoms with Gasteiger partial charge in [0.05, 0.1) is 25.0 Å². The third-order valence-corrected chi connectivity index (χ3v) is 5.92. The van der Waals surface area contributed by atoms with Crippen LogP contribution in [-0.2, 0) is 11.8 Å². The molecule has 1 aromatic heterocycles. The van der Waals surface area contributed by atoms with Crippen molar-refractivity contribution in [2.24, 2.45) is 12.0 Å². The van der Waals surface area contributed by atoms with Crippen LogP contribution in [-0.4, -0.2) is 84.9 Å². The maximum atomic E-state index is 12.8. The average molecular weight is 569 g/mol. The highest BCUT2D eigenvalue weighted by Crippen LogP contribution is 2.24. The van der Waals surface area contributed by atoms with E-state index in [1.165, 1.54) is 5.56 Å². The second-order valence-electron chi connectivity index (χ2n) is 7.78. The van der Waals surface area contributed by atoms with Crippen molar-refractivity contribution in [3.63, 3.8) is 0 Å². The first-order chi connectivity index (χ1) is 15.5. The highest BCUT2D eigenvalue weighted by Gasteiger charge is 2.28. The fraction of sp³-hybridized carbons (Fsp3) is 0.522. The minimum absolute atomic E-state index is 0. The molecular weight excluding hydrogens is 533 g/mol. The Bertz CT molecular complexity index is 929. The summed E-state index contributed by atoms with van der Waals surface area (Å²) < 4.78 is 7.14. The molecule has 1 atom stereocenters. The Labute approximate surface area is 213 Å².